The summed E-state index contributed by atoms with van der Waals surface area (Å²) >= 11 is 0. The SMILES string of the molecule is CC(CCc1ccccc1)NC(=O)CCC(=O)N(C)C. The first-order chi connectivity index (χ1) is 9.49. The van der Waals surface area contributed by atoms with Crippen LogP contribution in [0.5, 0.6) is 0 Å². The summed E-state index contributed by atoms with van der Waals surface area (Å²) in [4.78, 5) is 24.6. The number of amides is 2. The monoisotopic (exact) mass is 276 g/mol. The van der Waals surface area contributed by atoms with E-state index in [0.29, 0.717) is 0 Å². The van der Waals surface area contributed by atoms with Crippen molar-refractivity contribution in [3.8, 4) is 0 Å². The summed E-state index contributed by atoms with van der Waals surface area (Å²) in [6.07, 6.45) is 2.37. The minimum Gasteiger partial charge on any atom is -0.354 e. The Morgan fingerprint density at radius 1 is 1.15 bits per heavy atom. The maximum atomic E-state index is 11.7. The van der Waals surface area contributed by atoms with Crippen molar-refractivity contribution in [1.82, 2.24) is 10.2 Å². The van der Waals surface area contributed by atoms with Crippen molar-refractivity contribution in [2.75, 3.05) is 14.1 Å². The number of hydrogen-bond donors (Lipinski definition) is 1. The maximum Gasteiger partial charge on any atom is 0.222 e. The second-order valence-corrected chi connectivity index (χ2v) is 5.28. The van der Waals surface area contributed by atoms with E-state index in [9.17, 15) is 9.59 Å². The van der Waals surface area contributed by atoms with Crippen LogP contribution in [0.2, 0.25) is 0 Å². The molecule has 1 aromatic carbocycles. The standard InChI is InChI=1S/C16H24N2O2/c1-13(9-10-14-7-5-4-6-8-14)17-15(19)11-12-16(20)18(2)3/h4-8,13H,9-12H2,1-3H3,(H,17,19). The van der Waals surface area contributed by atoms with Crippen molar-refractivity contribution in [3.05, 3.63) is 35.9 Å². The van der Waals surface area contributed by atoms with Crippen LogP contribution in [0.4, 0.5) is 0 Å². The normalized spacial score (nSPS) is 11.8. The number of benzene rings is 1. The van der Waals surface area contributed by atoms with Gasteiger partial charge in [-0.2, -0.15) is 0 Å². The molecule has 4 heteroatoms. The van der Waals surface area contributed by atoms with Gasteiger partial charge in [0.2, 0.25) is 11.8 Å². The number of carbonyl (C=O) groups excluding carboxylic acids is 2. The molecular weight excluding hydrogens is 252 g/mol. The zero-order valence-corrected chi connectivity index (χ0v) is 12.6. The lowest BCUT2D eigenvalue weighted by atomic mass is 10.1. The van der Waals surface area contributed by atoms with Gasteiger partial charge >= 0.3 is 0 Å². The highest BCUT2D eigenvalue weighted by molar-refractivity contribution is 5.83. The van der Waals surface area contributed by atoms with Gasteiger partial charge in [0, 0.05) is 33.0 Å². The van der Waals surface area contributed by atoms with Gasteiger partial charge in [-0.05, 0) is 25.3 Å². The summed E-state index contributed by atoms with van der Waals surface area (Å²) in [5.41, 5.74) is 1.27. The Morgan fingerprint density at radius 2 is 1.80 bits per heavy atom. The number of nitrogens with one attached hydrogen (secondary N) is 1. The molecule has 4 nitrogen and oxygen atoms in total. The van der Waals surface area contributed by atoms with Crippen molar-refractivity contribution in [3.63, 3.8) is 0 Å². The van der Waals surface area contributed by atoms with Crippen LogP contribution in [-0.4, -0.2) is 36.9 Å². The smallest absolute Gasteiger partial charge is 0.222 e. The van der Waals surface area contributed by atoms with Crippen molar-refractivity contribution >= 4 is 11.8 Å². The van der Waals surface area contributed by atoms with E-state index in [2.05, 4.69) is 17.4 Å². The van der Waals surface area contributed by atoms with Gasteiger partial charge in [-0.3, -0.25) is 9.59 Å². The van der Waals surface area contributed by atoms with Gasteiger partial charge in [-0.25, -0.2) is 0 Å². The molecule has 0 saturated heterocycles. The van der Waals surface area contributed by atoms with Gasteiger partial charge in [-0.15, -0.1) is 0 Å². The molecule has 1 rings (SSSR count). The van der Waals surface area contributed by atoms with Crippen LogP contribution >= 0.6 is 0 Å². The lowest BCUT2D eigenvalue weighted by Gasteiger charge is -2.14. The van der Waals surface area contributed by atoms with E-state index in [-0.39, 0.29) is 30.7 Å². The largest absolute Gasteiger partial charge is 0.354 e. The molecule has 0 aliphatic carbocycles. The summed E-state index contributed by atoms with van der Waals surface area (Å²) in [6, 6.07) is 10.3. The van der Waals surface area contributed by atoms with Crippen molar-refractivity contribution in [1.29, 1.82) is 0 Å². The minimum absolute atomic E-state index is 0.0166. The Labute approximate surface area is 121 Å². The van der Waals surface area contributed by atoms with E-state index < -0.39 is 0 Å². The molecule has 110 valence electrons. The highest BCUT2D eigenvalue weighted by atomic mass is 16.2. The third kappa shape index (κ3) is 6.36. The highest BCUT2D eigenvalue weighted by Gasteiger charge is 2.11. The van der Waals surface area contributed by atoms with Gasteiger partial charge in [0.05, 0.1) is 0 Å². The van der Waals surface area contributed by atoms with E-state index in [1.807, 2.05) is 25.1 Å². The van der Waals surface area contributed by atoms with E-state index in [4.69, 9.17) is 0 Å². The van der Waals surface area contributed by atoms with Crippen LogP contribution in [0.25, 0.3) is 0 Å². The predicted octanol–water partition coefficient (Wildman–Crippen LogP) is 1.99. The topological polar surface area (TPSA) is 49.4 Å². The number of rotatable bonds is 7. The number of aryl methyl sites for hydroxylation is 1. The van der Waals surface area contributed by atoms with Crippen LogP contribution in [0.15, 0.2) is 30.3 Å². The number of nitrogens with zero attached hydrogens (tertiary/aromatic N) is 1. The third-order valence-corrected chi connectivity index (χ3v) is 3.18. The molecule has 0 aliphatic rings. The molecule has 1 aromatic rings. The molecule has 0 bridgehead atoms. The lowest BCUT2D eigenvalue weighted by molar-refractivity contribution is -0.131. The molecule has 0 saturated carbocycles. The van der Waals surface area contributed by atoms with Crippen molar-refractivity contribution < 1.29 is 9.59 Å². The third-order valence-electron chi connectivity index (χ3n) is 3.18. The van der Waals surface area contributed by atoms with Gasteiger partial charge in [0.1, 0.15) is 0 Å². The summed E-state index contributed by atoms with van der Waals surface area (Å²) in [7, 11) is 3.39. The van der Waals surface area contributed by atoms with Gasteiger partial charge in [-0.1, -0.05) is 30.3 Å². The first-order valence-electron chi connectivity index (χ1n) is 7.02. The fourth-order valence-corrected chi connectivity index (χ4v) is 1.89. The molecule has 0 radical (unpaired) electrons. The summed E-state index contributed by atoms with van der Waals surface area (Å²) in [6.45, 7) is 1.99. The Kier molecular flexibility index (Phi) is 6.77. The van der Waals surface area contributed by atoms with E-state index in [1.54, 1.807) is 14.1 Å². The summed E-state index contributed by atoms with van der Waals surface area (Å²) in [5, 5.41) is 2.93. The fourth-order valence-electron chi connectivity index (χ4n) is 1.89. The van der Waals surface area contributed by atoms with Crippen molar-refractivity contribution in [2.24, 2.45) is 0 Å². The Hall–Kier alpha value is -1.84. The Balaban J connectivity index is 2.23. The first-order valence-corrected chi connectivity index (χ1v) is 7.02. The number of carbonyl (C=O) groups is 2. The molecule has 0 aliphatic heterocycles. The summed E-state index contributed by atoms with van der Waals surface area (Å²) in [5.74, 6) is -0.0714. The number of hydrogen-bond acceptors (Lipinski definition) is 2. The van der Waals surface area contributed by atoms with E-state index in [0.717, 1.165) is 12.8 Å². The quantitative estimate of drug-likeness (QED) is 0.828. The second kappa shape index (κ2) is 8.35. The van der Waals surface area contributed by atoms with Crippen molar-refractivity contribution in [2.45, 2.75) is 38.6 Å². The zero-order chi connectivity index (χ0) is 15.0. The van der Waals surface area contributed by atoms with Gasteiger partial charge in [0.15, 0.2) is 0 Å². The Morgan fingerprint density at radius 3 is 2.40 bits per heavy atom. The zero-order valence-electron chi connectivity index (χ0n) is 12.6. The predicted molar refractivity (Wildman–Crippen MR) is 80.3 cm³/mol. The minimum atomic E-state index is -0.0549. The average Bonchev–Trinajstić information content (AvgIpc) is 2.43. The molecule has 20 heavy (non-hydrogen) atoms. The van der Waals surface area contributed by atoms with Crippen LogP contribution in [-0.2, 0) is 16.0 Å². The van der Waals surface area contributed by atoms with Crippen LogP contribution in [0.3, 0.4) is 0 Å². The molecule has 1 atom stereocenters. The van der Waals surface area contributed by atoms with Gasteiger partial charge < -0.3 is 10.2 Å². The molecular formula is C16H24N2O2. The lowest BCUT2D eigenvalue weighted by Crippen LogP contribution is -2.33. The maximum absolute atomic E-state index is 11.7. The molecule has 1 unspecified atom stereocenters. The Bertz CT molecular complexity index is 429. The van der Waals surface area contributed by atoms with E-state index in [1.165, 1.54) is 10.5 Å². The average molecular weight is 276 g/mol. The van der Waals surface area contributed by atoms with Crippen LogP contribution < -0.4 is 5.32 Å². The van der Waals surface area contributed by atoms with Crippen LogP contribution in [0.1, 0.15) is 31.7 Å². The second-order valence-electron chi connectivity index (χ2n) is 5.28. The highest BCUT2D eigenvalue weighted by Crippen LogP contribution is 2.05. The van der Waals surface area contributed by atoms with E-state index >= 15 is 0 Å². The summed E-state index contributed by atoms with van der Waals surface area (Å²) < 4.78 is 0. The molecule has 1 N–H and O–H groups in total. The van der Waals surface area contributed by atoms with Gasteiger partial charge in [0.25, 0.3) is 0 Å². The first kappa shape index (κ1) is 16.2. The molecule has 0 aromatic heterocycles. The van der Waals surface area contributed by atoms with Crippen LogP contribution in [0, 0.1) is 0 Å². The molecule has 0 spiro atoms. The fraction of sp³-hybridized carbons (Fsp3) is 0.500. The molecule has 0 heterocycles. The molecule has 2 amide bonds. The molecule has 0 fully saturated rings.